The van der Waals surface area contributed by atoms with Gasteiger partial charge in [0.05, 0.1) is 0 Å². The molecule has 1 saturated carbocycles. The second kappa shape index (κ2) is 5.38. The van der Waals surface area contributed by atoms with Crippen LogP contribution in [0.15, 0.2) is 28.7 Å². The maximum Gasteiger partial charge on any atom is 0.134 e. The second-order valence-corrected chi connectivity index (χ2v) is 5.89. The smallest absolute Gasteiger partial charge is 0.134 e. The third-order valence-corrected chi connectivity index (χ3v) is 4.33. The third-order valence-electron chi connectivity index (χ3n) is 4.33. The summed E-state index contributed by atoms with van der Waals surface area (Å²) in [6.45, 7) is 2.08. The number of furan rings is 1. The Balaban J connectivity index is 1.85. The van der Waals surface area contributed by atoms with Crippen LogP contribution in [0, 0.1) is 12.8 Å². The van der Waals surface area contributed by atoms with Gasteiger partial charge in [-0.3, -0.25) is 0 Å². The number of benzene rings is 1. The Bertz CT molecular complexity index is 547. The number of hydrogen-bond acceptors (Lipinski definition) is 2. The van der Waals surface area contributed by atoms with E-state index >= 15 is 0 Å². The van der Waals surface area contributed by atoms with E-state index in [-0.39, 0.29) is 0 Å². The first-order valence-electron chi connectivity index (χ1n) is 7.42. The molecular formula is C17H22O2. The van der Waals surface area contributed by atoms with Gasteiger partial charge in [-0.15, -0.1) is 0 Å². The predicted octanol–water partition coefficient (Wildman–Crippen LogP) is 4.75. The predicted molar refractivity (Wildman–Crippen MR) is 77.1 cm³/mol. The van der Waals surface area contributed by atoms with Crippen LogP contribution in [0.25, 0.3) is 11.0 Å². The summed E-state index contributed by atoms with van der Waals surface area (Å²) in [6, 6.07) is 8.17. The lowest BCUT2D eigenvalue weighted by Gasteiger charge is -2.18. The zero-order chi connectivity index (χ0) is 13.2. The van der Waals surface area contributed by atoms with Crippen LogP contribution in [-0.4, -0.2) is 5.11 Å². The molecule has 1 fully saturated rings. The lowest BCUT2D eigenvalue weighted by Crippen LogP contribution is -2.11. The van der Waals surface area contributed by atoms with E-state index in [4.69, 9.17) is 4.42 Å². The molecule has 1 N–H and O–H groups in total. The zero-order valence-electron chi connectivity index (χ0n) is 11.6. The number of aliphatic hydroxyl groups excluding tert-OH is 1. The first-order valence-corrected chi connectivity index (χ1v) is 7.42. The molecule has 19 heavy (non-hydrogen) atoms. The van der Waals surface area contributed by atoms with Crippen LogP contribution >= 0.6 is 0 Å². The number of hydrogen-bond donors (Lipinski definition) is 1. The molecule has 0 spiro atoms. The van der Waals surface area contributed by atoms with E-state index in [1.165, 1.54) is 31.2 Å². The number of aryl methyl sites for hydroxylation is 1. The summed E-state index contributed by atoms with van der Waals surface area (Å²) < 4.78 is 5.83. The summed E-state index contributed by atoms with van der Waals surface area (Å²) in [5, 5.41) is 11.6. The summed E-state index contributed by atoms with van der Waals surface area (Å²) >= 11 is 0. The second-order valence-electron chi connectivity index (χ2n) is 5.89. The Hall–Kier alpha value is -1.28. The zero-order valence-corrected chi connectivity index (χ0v) is 11.6. The summed E-state index contributed by atoms with van der Waals surface area (Å²) in [4.78, 5) is 0. The molecule has 1 aliphatic rings. The fourth-order valence-corrected chi connectivity index (χ4v) is 3.19. The van der Waals surface area contributed by atoms with Crippen molar-refractivity contribution in [2.45, 2.75) is 51.6 Å². The molecule has 0 radical (unpaired) electrons. The van der Waals surface area contributed by atoms with E-state index in [1.807, 2.05) is 18.2 Å². The van der Waals surface area contributed by atoms with Gasteiger partial charge in [-0.05, 0) is 43.9 Å². The maximum absolute atomic E-state index is 10.5. The number of fused-ring (bicyclic) bond motifs is 1. The van der Waals surface area contributed by atoms with Crippen molar-refractivity contribution in [2.24, 2.45) is 5.92 Å². The number of rotatable bonds is 2. The first kappa shape index (κ1) is 12.7. The van der Waals surface area contributed by atoms with Gasteiger partial charge in [0.25, 0.3) is 0 Å². The van der Waals surface area contributed by atoms with Gasteiger partial charge in [0.1, 0.15) is 17.4 Å². The highest BCUT2D eigenvalue weighted by Crippen LogP contribution is 2.35. The van der Waals surface area contributed by atoms with Gasteiger partial charge in [0.15, 0.2) is 0 Å². The normalized spacial score (nSPS) is 19.5. The average Bonchev–Trinajstić information content (AvgIpc) is 2.64. The van der Waals surface area contributed by atoms with Crippen molar-refractivity contribution in [2.75, 3.05) is 0 Å². The quantitative estimate of drug-likeness (QED) is 0.789. The average molecular weight is 258 g/mol. The fourth-order valence-electron chi connectivity index (χ4n) is 3.19. The van der Waals surface area contributed by atoms with Crippen molar-refractivity contribution in [3.63, 3.8) is 0 Å². The van der Waals surface area contributed by atoms with Gasteiger partial charge >= 0.3 is 0 Å². The van der Waals surface area contributed by atoms with E-state index in [1.54, 1.807) is 0 Å². The molecule has 1 aromatic carbocycles. The van der Waals surface area contributed by atoms with E-state index < -0.39 is 6.10 Å². The Morgan fingerprint density at radius 2 is 1.84 bits per heavy atom. The molecule has 1 atom stereocenters. The maximum atomic E-state index is 10.5. The Morgan fingerprint density at radius 1 is 1.11 bits per heavy atom. The van der Waals surface area contributed by atoms with Crippen molar-refractivity contribution in [1.29, 1.82) is 0 Å². The van der Waals surface area contributed by atoms with Crippen molar-refractivity contribution in [3.05, 3.63) is 35.6 Å². The van der Waals surface area contributed by atoms with Crippen LogP contribution < -0.4 is 0 Å². The fraction of sp³-hybridized carbons (Fsp3) is 0.529. The molecule has 0 aliphatic heterocycles. The van der Waals surface area contributed by atoms with Crippen molar-refractivity contribution in [1.82, 2.24) is 0 Å². The molecule has 0 amide bonds. The van der Waals surface area contributed by atoms with Crippen LogP contribution in [0.4, 0.5) is 0 Å². The van der Waals surface area contributed by atoms with Crippen molar-refractivity contribution < 1.29 is 9.52 Å². The molecule has 0 saturated heterocycles. The van der Waals surface area contributed by atoms with Crippen LogP contribution in [0.5, 0.6) is 0 Å². The minimum atomic E-state index is -0.439. The molecule has 3 rings (SSSR count). The van der Waals surface area contributed by atoms with Crippen LogP contribution in [0.1, 0.15) is 56.0 Å². The highest BCUT2D eigenvalue weighted by molar-refractivity contribution is 5.78. The monoisotopic (exact) mass is 258 g/mol. The lowest BCUT2D eigenvalue weighted by atomic mass is 9.92. The summed E-state index contributed by atoms with van der Waals surface area (Å²) in [6.07, 6.45) is 6.90. The van der Waals surface area contributed by atoms with Crippen LogP contribution in [0.3, 0.4) is 0 Å². The molecular weight excluding hydrogens is 236 g/mol. The van der Waals surface area contributed by atoms with E-state index in [0.29, 0.717) is 5.92 Å². The minimum absolute atomic E-state index is 0.365. The van der Waals surface area contributed by atoms with Gasteiger partial charge in [0, 0.05) is 5.39 Å². The van der Waals surface area contributed by atoms with Gasteiger partial charge in [-0.25, -0.2) is 0 Å². The van der Waals surface area contributed by atoms with Crippen molar-refractivity contribution in [3.8, 4) is 0 Å². The van der Waals surface area contributed by atoms with E-state index in [0.717, 1.165) is 29.6 Å². The van der Waals surface area contributed by atoms with Crippen molar-refractivity contribution >= 4 is 11.0 Å². The molecule has 1 heterocycles. The molecule has 2 aromatic rings. The van der Waals surface area contributed by atoms with Crippen LogP contribution in [0.2, 0.25) is 0 Å². The molecule has 1 unspecified atom stereocenters. The molecule has 0 bridgehead atoms. The highest BCUT2D eigenvalue weighted by atomic mass is 16.4. The Morgan fingerprint density at radius 3 is 2.58 bits per heavy atom. The van der Waals surface area contributed by atoms with Gasteiger partial charge in [0.2, 0.25) is 0 Å². The molecule has 2 nitrogen and oxygen atoms in total. The molecule has 2 heteroatoms. The van der Waals surface area contributed by atoms with E-state index in [2.05, 4.69) is 13.0 Å². The summed E-state index contributed by atoms with van der Waals surface area (Å²) in [5.74, 6) is 1.11. The van der Waals surface area contributed by atoms with Gasteiger partial charge < -0.3 is 9.52 Å². The molecule has 1 aliphatic carbocycles. The SMILES string of the molecule is Cc1ccc2oc(C(O)C3CCCCCC3)cc2c1. The minimum Gasteiger partial charge on any atom is -0.458 e. The third kappa shape index (κ3) is 2.69. The number of aliphatic hydroxyl groups is 1. The highest BCUT2D eigenvalue weighted by Gasteiger charge is 2.24. The first-order chi connectivity index (χ1) is 9.24. The lowest BCUT2D eigenvalue weighted by molar-refractivity contribution is 0.0791. The Labute approximate surface area is 114 Å². The molecule has 102 valence electrons. The topological polar surface area (TPSA) is 33.4 Å². The van der Waals surface area contributed by atoms with Crippen LogP contribution in [-0.2, 0) is 0 Å². The van der Waals surface area contributed by atoms with Gasteiger partial charge in [-0.2, -0.15) is 0 Å². The van der Waals surface area contributed by atoms with E-state index in [9.17, 15) is 5.11 Å². The van der Waals surface area contributed by atoms with Gasteiger partial charge in [-0.1, -0.05) is 37.3 Å². The largest absolute Gasteiger partial charge is 0.458 e. The Kier molecular flexibility index (Phi) is 3.61. The summed E-state index contributed by atoms with van der Waals surface area (Å²) in [7, 11) is 0. The molecule has 1 aromatic heterocycles. The summed E-state index contributed by atoms with van der Waals surface area (Å²) in [5.41, 5.74) is 2.11. The standard InChI is InChI=1S/C17H22O2/c1-12-8-9-15-14(10-12)11-16(19-15)17(18)13-6-4-2-3-5-7-13/h8-11,13,17-18H,2-7H2,1H3.